The molecule has 0 amide bonds. The molecule has 0 aliphatic heterocycles. The maximum absolute atomic E-state index is 10.8. The van der Waals surface area contributed by atoms with E-state index in [0.717, 1.165) is 12.2 Å². The van der Waals surface area contributed by atoms with E-state index in [0.29, 0.717) is 22.4 Å². The Balaban J connectivity index is 2.01. The summed E-state index contributed by atoms with van der Waals surface area (Å²) in [6.45, 7) is 4.11. The zero-order valence-electron chi connectivity index (χ0n) is 10.1. The number of hydrogen-bond donors (Lipinski definition) is 2. The second kappa shape index (κ2) is 5.18. The molecule has 0 spiro atoms. The molecule has 0 aromatic carbocycles. The second-order valence-electron chi connectivity index (χ2n) is 3.66. The first-order valence-electron chi connectivity index (χ1n) is 5.48. The predicted molar refractivity (Wildman–Crippen MR) is 67.0 cm³/mol. The van der Waals surface area contributed by atoms with Gasteiger partial charge in [0.05, 0.1) is 12.7 Å². The molecule has 2 aromatic rings. The van der Waals surface area contributed by atoms with Crippen molar-refractivity contribution in [1.82, 2.24) is 9.97 Å². The summed E-state index contributed by atoms with van der Waals surface area (Å²) in [6, 6.07) is 0. The van der Waals surface area contributed by atoms with E-state index in [1.807, 2.05) is 6.92 Å². The first-order chi connectivity index (χ1) is 8.60. The number of carboxylic acid groups (broad SMARTS) is 1. The van der Waals surface area contributed by atoms with Crippen LogP contribution in [0.4, 0.5) is 5.13 Å². The molecule has 96 valence electrons. The van der Waals surface area contributed by atoms with Gasteiger partial charge in [0.1, 0.15) is 5.76 Å². The Morgan fingerprint density at radius 2 is 2.39 bits per heavy atom. The van der Waals surface area contributed by atoms with Crippen LogP contribution in [0.5, 0.6) is 0 Å². The van der Waals surface area contributed by atoms with Crippen LogP contribution in [-0.2, 0) is 13.0 Å². The average molecular weight is 267 g/mol. The standard InChI is InChI=1S/C11H13N3O3S/c1-3-7-4-12-8(17-7)5-13-11-14-9(10(15)16)6(2)18-11/h4H,3,5H2,1-2H3,(H,13,14)(H,15,16). The van der Waals surface area contributed by atoms with Crippen molar-refractivity contribution in [2.45, 2.75) is 26.8 Å². The van der Waals surface area contributed by atoms with Crippen molar-refractivity contribution in [2.75, 3.05) is 5.32 Å². The summed E-state index contributed by atoms with van der Waals surface area (Å²) in [6.07, 6.45) is 2.49. The fourth-order valence-electron chi connectivity index (χ4n) is 1.41. The van der Waals surface area contributed by atoms with Gasteiger partial charge >= 0.3 is 5.97 Å². The highest BCUT2D eigenvalue weighted by Gasteiger charge is 2.14. The Labute approximate surface area is 108 Å². The number of hydrogen-bond acceptors (Lipinski definition) is 6. The number of anilines is 1. The monoisotopic (exact) mass is 267 g/mol. The molecule has 2 rings (SSSR count). The van der Waals surface area contributed by atoms with E-state index in [-0.39, 0.29) is 5.69 Å². The summed E-state index contributed by atoms with van der Waals surface area (Å²) < 4.78 is 5.43. The maximum Gasteiger partial charge on any atom is 0.355 e. The second-order valence-corrected chi connectivity index (χ2v) is 4.86. The molecule has 2 aromatic heterocycles. The van der Waals surface area contributed by atoms with Gasteiger partial charge in [-0.3, -0.25) is 0 Å². The average Bonchev–Trinajstić information content (AvgIpc) is 2.92. The molecule has 18 heavy (non-hydrogen) atoms. The fraction of sp³-hybridized carbons (Fsp3) is 0.364. The Morgan fingerprint density at radius 3 is 2.94 bits per heavy atom. The minimum Gasteiger partial charge on any atom is -0.476 e. The number of aryl methyl sites for hydroxylation is 2. The molecule has 0 saturated carbocycles. The Hall–Kier alpha value is -1.89. The van der Waals surface area contributed by atoms with E-state index in [4.69, 9.17) is 9.52 Å². The lowest BCUT2D eigenvalue weighted by molar-refractivity contribution is 0.0690. The van der Waals surface area contributed by atoms with E-state index >= 15 is 0 Å². The van der Waals surface area contributed by atoms with Gasteiger partial charge in [0.2, 0.25) is 5.89 Å². The van der Waals surface area contributed by atoms with Gasteiger partial charge in [0, 0.05) is 11.3 Å². The number of oxazole rings is 1. The first-order valence-corrected chi connectivity index (χ1v) is 6.30. The summed E-state index contributed by atoms with van der Waals surface area (Å²) >= 11 is 1.30. The van der Waals surface area contributed by atoms with Crippen molar-refractivity contribution >= 4 is 22.4 Å². The van der Waals surface area contributed by atoms with Crippen molar-refractivity contribution in [2.24, 2.45) is 0 Å². The van der Waals surface area contributed by atoms with Crippen LogP contribution < -0.4 is 5.32 Å². The molecule has 0 bridgehead atoms. The minimum absolute atomic E-state index is 0.0872. The van der Waals surface area contributed by atoms with Crippen LogP contribution in [0.15, 0.2) is 10.6 Å². The van der Waals surface area contributed by atoms with Gasteiger partial charge in [0.15, 0.2) is 10.8 Å². The molecule has 2 heterocycles. The van der Waals surface area contributed by atoms with Crippen LogP contribution in [0.25, 0.3) is 0 Å². The molecule has 0 aliphatic rings. The molecule has 0 saturated heterocycles. The Bertz CT molecular complexity index is 562. The van der Waals surface area contributed by atoms with E-state index in [9.17, 15) is 4.79 Å². The van der Waals surface area contributed by atoms with Crippen LogP contribution in [-0.4, -0.2) is 21.0 Å². The van der Waals surface area contributed by atoms with Gasteiger partial charge in [-0.25, -0.2) is 14.8 Å². The normalized spacial score (nSPS) is 10.6. The summed E-state index contributed by atoms with van der Waals surface area (Å²) in [5.41, 5.74) is 0.0872. The molecule has 6 nitrogen and oxygen atoms in total. The number of nitrogens with one attached hydrogen (secondary N) is 1. The quantitative estimate of drug-likeness (QED) is 0.864. The van der Waals surface area contributed by atoms with Crippen molar-refractivity contribution in [1.29, 1.82) is 0 Å². The van der Waals surface area contributed by atoms with E-state index in [1.165, 1.54) is 11.3 Å². The van der Waals surface area contributed by atoms with Crippen LogP contribution in [0.1, 0.15) is 33.9 Å². The van der Waals surface area contributed by atoms with Gasteiger partial charge in [0.25, 0.3) is 0 Å². The van der Waals surface area contributed by atoms with Gasteiger partial charge in [-0.2, -0.15) is 0 Å². The molecule has 0 unspecified atom stereocenters. The van der Waals surface area contributed by atoms with Crippen LogP contribution >= 0.6 is 11.3 Å². The summed E-state index contributed by atoms with van der Waals surface area (Å²) in [5.74, 6) is 0.381. The van der Waals surface area contributed by atoms with Gasteiger partial charge in [-0.1, -0.05) is 6.92 Å². The first kappa shape index (κ1) is 12.6. The minimum atomic E-state index is -1.01. The molecular weight excluding hydrogens is 254 g/mol. The zero-order chi connectivity index (χ0) is 13.1. The van der Waals surface area contributed by atoms with Crippen LogP contribution in [0, 0.1) is 6.92 Å². The third-order valence-corrected chi connectivity index (χ3v) is 3.27. The highest BCUT2D eigenvalue weighted by molar-refractivity contribution is 7.15. The lowest BCUT2D eigenvalue weighted by Crippen LogP contribution is -2.01. The topological polar surface area (TPSA) is 88.2 Å². The maximum atomic E-state index is 10.8. The molecule has 2 N–H and O–H groups in total. The number of carboxylic acids is 1. The summed E-state index contributed by atoms with van der Waals surface area (Å²) in [4.78, 5) is 19.6. The number of rotatable bonds is 5. The Kier molecular flexibility index (Phi) is 3.61. The zero-order valence-corrected chi connectivity index (χ0v) is 10.9. The molecule has 0 fully saturated rings. The largest absolute Gasteiger partial charge is 0.476 e. The smallest absolute Gasteiger partial charge is 0.355 e. The van der Waals surface area contributed by atoms with E-state index in [2.05, 4.69) is 15.3 Å². The fourth-order valence-corrected chi connectivity index (χ4v) is 2.22. The third kappa shape index (κ3) is 2.67. The third-order valence-electron chi connectivity index (χ3n) is 2.34. The highest BCUT2D eigenvalue weighted by atomic mass is 32.1. The number of thiazole rings is 1. The number of aromatic nitrogens is 2. The van der Waals surface area contributed by atoms with Crippen LogP contribution in [0.3, 0.4) is 0 Å². The molecule has 0 atom stereocenters. The number of carbonyl (C=O) groups is 1. The summed E-state index contributed by atoms with van der Waals surface area (Å²) in [7, 11) is 0. The van der Waals surface area contributed by atoms with Crippen LogP contribution in [0.2, 0.25) is 0 Å². The van der Waals surface area contributed by atoms with Crippen molar-refractivity contribution in [3.8, 4) is 0 Å². The molecule has 0 radical (unpaired) electrons. The number of nitrogens with zero attached hydrogens (tertiary/aromatic N) is 2. The predicted octanol–water partition coefficient (Wildman–Crippen LogP) is 2.31. The molecule has 7 heteroatoms. The van der Waals surface area contributed by atoms with Gasteiger partial charge in [-0.15, -0.1) is 11.3 Å². The lowest BCUT2D eigenvalue weighted by Gasteiger charge is -1.97. The Morgan fingerprint density at radius 1 is 1.61 bits per heavy atom. The summed E-state index contributed by atoms with van der Waals surface area (Å²) in [5, 5.41) is 12.4. The molecular formula is C11H13N3O3S. The number of aromatic carboxylic acids is 1. The molecule has 0 aliphatic carbocycles. The lowest BCUT2D eigenvalue weighted by atomic mass is 10.4. The van der Waals surface area contributed by atoms with Crippen molar-refractivity contribution in [3.63, 3.8) is 0 Å². The SMILES string of the molecule is CCc1cnc(CNc2nc(C(=O)O)c(C)s2)o1. The highest BCUT2D eigenvalue weighted by Crippen LogP contribution is 2.22. The van der Waals surface area contributed by atoms with Gasteiger partial charge in [-0.05, 0) is 6.92 Å². The van der Waals surface area contributed by atoms with Crippen molar-refractivity contribution in [3.05, 3.63) is 28.4 Å². The van der Waals surface area contributed by atoms with E-state index < -0.39 is 5.97 Å². The van der Waals surface area contributed by atoms with Crippen molar-refractivity contribution < 1.29 is 14.3 Å². The van der Waals surface area contributed by atoms with Gasteiger partial charge < -0.3 is 14.8 Å². The van der Waals surface area contributed by atoms with E-state index in [1.54, 1.807) is 13.1 Å².